The first-order valence-corrected chi connectivity index (χ1v) is 6.17. The first-order chi connectivity index (χ1) is 9.06. The van der Waals surface area contributed by atoms with Crippen molar-refractivity contribution < 1.29 is 14.0 Å². The molecule has 19 heavy (non-hydrogen) atoms. The highest BCUT2D eigenvalue weighted by Gasteiger charge is 2.26. The van der Waals surface area contributed by atoms with Crippen molar-refractivity contribution in [2.24, 2.45) is 11.7 Å². The Bertz CT molecular complexity index is 475. The molecule has 3 amide bonds. The number of nitrogens with one attached hydrogen (secondary N) is 1. The van der Waals surface area contributed by atoms with Crippen molar-refractivity contribution >= 4 is 17.6 Å². The minimum Gasteiger partial charge on any atom is -0.369 e. The number of carbonyl (C=O) groups is 2. The topological polar surface area (TPSA) is 75.4 Å². The predicted octanol–water partition coefficient (Wildman–Crippen LogP) is 1.55. The summed E-state index contributed by atoms with van der Waals surface area (Å²) in [4.78, 5) is 24.7. The summed E-state index contributed by atoms with van der Waals surface area (Å²) in [6, 6.07) is 5.24. The van der Waals surface area contributed by atoms with Crippen molar-refractivity contribution in [3.05, 3.63) is 30.1 Å². The molecule has 0 unspecified atom stereocenters. The van der Waals surface area contributed by atoms with Crippen LogP contribution in [0.3, 0.4) is 0 Å². The smallest absolute Gasteiger partial charge is 0.321 e. The van der Waals surface area contributed by atoms with E-state index in [1.165, 1.54) is 24.3 Å². The molecule has 5 nitrogen and oxygen atoms in total. The molecular weight excluding hydrogens is 249 g/mol. The summed E-state index contributed by atoms with van der Waals surface area (Å²) < 4.78 is 12.7. The van der Waals surface area contributed by atoms with Gasteiger partial charge in [0.1, 0.15) is 5.82 Å². The van der Waals surface area contributed by atoms with Crippen LogP contribution in [0, 0.1) is 11.7 Å². The van der Waals surface area contributed by atoms with Crippen LogP contribution < -0.4 is 11.1 Å². The van der Waals surface area contributed by atoms with Crippen molar-refractivity contribution in [3.8, 4) is 0 Å². The van der Waals surface area contributed by atoms with E-state index in [1.807, 2.05) is 0 Å². The summed E-state index contributed by atoms with van der Waals surface area (Å²) in [5.74, 6) is -1.02. The van der Waals surface area contributed by atoms with Crippen LogP contribution in [0.2, 0.25) is 0 Å². The lowest BCUT2D eigenvalue weighted by atomic mass is 9.98. The first-order valence-electron chi connectivity index (χ1n) is 6.17. The number of carbonyl (C=O) groups excluding carboxylic acids is 2. The highest BCUT2D eigenvalue weighted by molar-refractivity contribution is 5.90. The van der Waals surface area contributed by atoms with E-state index in [1.54, 1.807) is 4.90 Å². The molecule has 1 aromatic rings. The van der Waals surface area contributed by atoms with Crippen LogP contribution in [-0.4, -0.2) is 29.9 Å². The number of likely N-dealkylation sites (tertiary alicyclic amines) is 1. The molecule has 6 heteroatoms. The Labute approximate surface area is 110 Å². The van der Waals surface area contributed by atoms with Gasteiger partial charge in [-0.25, -0.2) is 9.18 Å². The maximum atomic E-state index is 12.7. The molecule has 1 aliphatic heterocycles. The summed E-state index contributed by atoms with van der Waals surface area (Å²) >= 11 is 0. The number of nitrogens with zero attached hydrogens (tertiary/aromatic N) is 1. The Morgan fingerprint density at radius 2 is 2.00 bits per heavy atom. The van der Waals surface area contributed by atoms with Gasteiger partial charge in [-0.3, -0.25) is 4.79 Å². The van der Waals surface area contributed by atoms with Gasteiger partial charge in [-0.15, -0.1) is 0 Å². The number of benzene rings is 1. The van der Waals surface area contributed by atoms with E-state index in [0.29, 0.717) is 18.8 Å². The largest absolute Gasteiger partial charge is 0.369 e. The SMILES string of the molecule is NC(=O)[C@H]1CCCN(C(=O)Nc2ccc(F)cc2)C1. The number of urea groups is 1. The quantitative estimate of drug-likeness (QED) is 0.851. The van der Waals surface area contributed by atoms with E-state index in [2.05, 4.69) is 5.32 Å². The molecule has 1 atom stereocenters. The van der Waals surface area contributed by atoms with E-state index in [9.17, 15) is 14.0 Å². The van der Waals surface area contributed by atoms with Gasteiger partial charge < -0.3 is 16.0 Å². The van der Waals surface area contributed by atoms with Crippen LogP contribution >= 0.6 is 0 Å². The Morgan fingerprint density at radius 3 is 2.63 bits per heavy atom. The molecule has 1 aliphatic rings. The van der Waals surface area contributed by atoms with Gasteiger partial charge >= 0.3 is 6.03 Å². The molecule has 1 aromatic carbocycles. The molecule has 0 aromatic heterocycles. The summed E-state index contributed by atoms with van der Waals surface area (Å²) in [6.45, 7) is 0.930. The standard InChI is InChI=1S/C13H16FN3O2/c14-10-3-5-11(6-4-10)16-13(19)17-7-1-2-9(8-17)12(15)18/h3-6,9H,1-2,7-8H2,(H2,15,18)(H,16,19)/t9-/m0/s1. The molecule has 1 saturated heterocycles. The van der Waals surface area contributed by atoms with Gasteiger partial charge in [0.15, 0.2) is 0 Å². The molecular formula is C13H16FN3O2. The molecule has 3 N–H and O–H groups in total. The zero-order valence-electron chi connectivity index (χ0n) is 10.4. The third-order valence-electron chi connectivity index (χ3n) is 3.21. The summed E-state index contributed by atoms with van der Waals surface area (Å²) in [6.07, 6.45) is 1.47. The molecule has 2 rings (SSSR count). The number of hydrogen-bond donors (Lipinski definition) is 2. The van der Waals surface area contributed by atoms with Gasteiger partial charge in [-0.1, -0.05) is 0 Å². The Hall–Kier alpha value is -2.11. The second kappa shape index (κ2) is 5.69. The highest BCUT2D eigenvalue weighted by Crippen LogP contribution is 2.17. The normalized spacial score (nSPS) is 19.0. The van der Waals surface area contributed by atoms with Crippen molar-refractivity contribution in [2.45, 2.75) is 12.8 Å². The van der Waals surface area contributed by atoms with Crippen LogP contribution in [0.15, 0.2) is 24.3 Å². The lowest BCUT2D eigenvalue weighted by Gasteiger charge is -2.31. The van der Waals surface area contributed by atoms with Crippen LogP contribution in [0.25, 0.3) is 0 Å². The lowest BCUT2D eigenvalue weighted by Crippen LogP contribution is -2.45. The van der Waals surface area contributed by atoms with E-state index >= 15 is 0 Å². The van der Waals surface area contributed by atoms with Gasteiger partial charge in [0, 0.05) is 18.8 Å². The average Bonchev–Trinajstić information content (AvgIpc) is 2.41. The molecule has 102 valence electrons. The minimum atomic E-state index is -0.376. The number of nitrogens with two attached hydrogens (primary N) is 1. The van der Waals surface area contributed by atoms with Crippen LogP contribution in [0.1, 0.15) is 12.8 Å². The predicted molar refractivity (Wildman–Crippen MR) is 68.9 cm³/mol. The van der Waals surface area contributed by atoms with Crippen molar-refractivity contribution in [2.75, 3.05) is 18.4 Å². The molecule has 0 aliphatic carbocycles. The third kappa shape index (κ3) is 3.43. The lowest BCUT2D eigenvalue weighted by molar-refractivity contribution is -0.123. The molecule has 1 fully saturated rings. The number of anilines is 1. The van der Waals surface area contributed by atoms with Crippen molar-refractivity contribution in [1.29, 1.82) is 0 Å². The molecule has 0 radical (unpaired) electrons. The number of rotatable bonds is 2. The molecule has 0 bridgehead atoms. The van der Waals surface area contributed by atoms with Crippen LogP contribution in [0.5, 0.6) is 0 Å². The minimum absolute atomic E-state index is 0.285. The number of piperidine rings is 1. The zero-order chi connectivity index (χ0) is 13.8. The fraction of sp³-hybridized carbons (Fsp3) is 0.385. The van der Waals surface area contributed by atoms with Crippen LogP contribution in [-0.2, 0) is 4.79 Å². The monoisotopic (exact) mass is 265 g/mol. The second-order valence-electron chi connectivity index (χ2n) is 4.62. The third-order valence-corrected chi connectivity index (χ3v) is 3.21. The van der Waals surface area contributed by atoms with Gasteiger partial charge in [0.25, 0.3) is 0 Å². The molecule has 1 heterocycles. The Balaban J connectivity index is 1.96. The maximum Gasteiger partial charge on any atom is 0.321 e. The molecule has 0 spiro atoms. The number of hydrogen-bond acceptors (Lipinski definition) is 2. The average molecular weight is 265 g/mol. The number of amides is 3. The van der Waals surface area contributed by atoms with Crippen molar-refractivity contribution in [3.63, 3.8) is 0 Å². The maximum absolute atomic E-state index is 12.7. The van der Waals surface area contributed by atoms with Crippen LogP contribution in [0.4, 0.5) is 14.9 Å². The summed E-state index contributed by atoms with van der Waals surface area (Å²) in [5, 5.41) is 2.67. The van der Waals surface area contributed by atoms with Gasteiger partial charge in [0.05, 0.1) is 5.92 Å². The zero-order valence-corrected chi connectivity index (χ0v) is 10.4. The fourth-order valence-corrected chi connectivity index (χ4v) is 2.13. The van der Waals surface area contributed by atoms with Gasteiger partial charge in [-0.05, 0) is 37.1 Å². The number of halogens is 1. The fourth-order valence-electron chi connectivity index (χ4n) is 2.13. The summed E-state index contributed by atoms with van der Waals surface area (Å²) in [7, 11) is 0. The van der Waals surface area contributed by atoms with E-state index in [4.69, 9.17) is 5.73 Å². The van der Waals surface area contributed by atoms with Gasteiger partial charge in [0.2, 0.25) is 5.91 Å². The number of primary amides is 1. The highest BCUT2D eigenvalue weighted by atomic mass is 19.1. The van der Waals surface area contributed by atoms with E-state index in [-0.39, 0.29) is 23.7 Å². The Kier molecular flexibility index (Phi) is 3.99. The van der Waals surface area contributed by atoms with E-state index in [0.717, 1.165) is 12.8 Å². The summed E-state index contributed by atoms with van der Waals surface area (Å²) in [5.41, 5.74) is 5.78. The second-order valence-corrected chi connectivity index (χ2v) is 4.62. The molecule has 0 saturated carbocycles. The van der Waals surface area contributed by atoms with E-state index < -0.39 is 0 Å². The first kappa shape index (κ1) is 13.3. The van der Waals surface area contributed by atoms with Gasteiger partial charge in [-0.2, -0.15) is 0 Å². The van der Waals surface area contributed by atoms with Crippen molar-refractivity contribution in [1.82, 2.24) is 4.90 Å². The Morgan fingerprint density at radius 1 is 1.32 bits per heavy atom.